The van der Waals surface area contributed by atoms with Gasteiger partial charge in [0.25, 0.3) is 0 Å². The summed E-state index contributed by atoms with van der Waals surface area (Å²) in [6.45, 7) is 0. The highest BCUT2D eigenvalue weighted by molar-refractivity contribution is 5.37. The van der Waals surface area contributed by atoms with E-state index in [0.29, 0.717) is 18.1 Å². The lowest BCUT2D eigenvalue weighted by atomic mass is 9.81. The van der Waals surface area contributed by atoms with E-state index in [1.54, 1.807) is 6.07 Å². The second-order valence-corrected chi connectivity index (χ2v) is 5.49. The molecular formula is C15H19FO2. The molecule has 2 atom stereocenters. The summed E-state index contributed by atoms with van der Waals surface area (Å²) in [6, 6.07) is 4.41. The van der Waals surface area contributed by atoms with Gasteiger partial charge in [-0.25, -0.2) is 4.39 Å². The van der Waals surface area contributed by atoms with Gasteiger partial charge in [-0.1, -0.05) is 19.3 Å². The largest absolute Gasteiger partial charge is 0.490 e. The van der Waals surface area contributed by atoms with Crippen molar-refractivity contribution in [3.05, 3.63) is 29.6 Å². The molecule has 0 amide bonds. The molecule has 1 saturated carbocycles. The normalized spacial score (nSPS) is 28.6. The van der Waals surface area contributed by atoms with Crippen LogP contribution < -0.4 is 4.74 Å². The van der Waals surface area contributed by atoms with Crippen molar-refractivity contribution >= 4 is 0 Å². The highest BCUT2D eigenvalue weighted by atomic mass is 19.1. The van der Waals surface area contributed by atoms with Gasteiger partial charge >= 0.3 is 0 Å². The molecule has 98 valence electrons. The molecule has 1 fully saturated rings. The van der Waals surface area contributed by atoms with E-state index in [2.05, 4.69) is 0 Å². The summed E-state index contributed by atoms with van der Waals surface area (Å²) in [5.41, 5.74) is 0.725. The zero-order chi connectivity index (χ0) is 12.5. The topological polar surface area (TPSA) is 29.5 Å². The number of fused-ring (bicyclic) bond motifs is 1. The first-order chi connectivity index (χ1) is 8.74. The molecule has 1 unspecified atom stereocenters. The number of aliphatic hydroxyl groups excluding tert-OH is 1. The van der Waals surface area contributed by atoms with Gasteiger partial charge in [-0.3, -0.25) is 0 Å². The molecule has 2 nitrogen and oxygen atoms in total. The van der Waals surface area contributed by atoms with Crippen molar-refractivity contribution in [3.63, 3.8) is 0 Å². The van der Waals surface area contributed by atoms with Crippen LogP contribution in [0.1, 0.15) is 50.2 Å². The Bertz CT molecular complexity index is 427. The highest BCUT2D eigenvalue weighted by Gasteiger charge is 2.33. The summed E-state index contributed by atoms with van der Waals surface area (Å²) in [5, 5.41) is 10.2. The van der Waals surface area contributed by atoms with Crippen molar-refractivity contribution in [1.82, 2.24) is 0 Å². The van der Waals surface area contributed by atoms with Gasteiger partial charge < -0.3 is 9.84 Å². The minimum absolute atomic E-state index is 0.0506. The molecule has 1 aromatic rings. The molecule has 0 radical (unpaired) electrons. The molecule has 0 aromatic heterocycles. The highest BCUT2D eigenvalue weighted by Crippen LogP contribution is 2.40. The third kappa shape index (κ3) is 2.24. The Balaban J connectivity index is 1.81. The fraction of sp³-hybridized carbons (Fsp3) is 0.600. The number of aliphatic hydroxyl groups is 1. The van der Waals surface area contributed by atoms with Gasteiger partial charge in [-0.15, -0.1) is 0 Å². The standard InChI is InChI=1S/C15H19FO2/c16-11-6-7-12-13(17)9-14(18-15(12)8-11)10-4-2-1-3-5-10/h6-8,10,13-14,17H,1-5,9H2/t13-,14?/m0/s1. The maximum atomic E-state index is 13.2. The Labute approximate surface area is 107 Å². The van der Waals surface area contributed by atoms with E-state index < -0.39 is 6.10 Å². The van der Waals surface area contributed by atoms with Crippen molar-refractivity contribution in [1.29, 1.82) is 0 Å². The van der Waals surface area contributed by atoms with E-state index in [9.17, 15) is 9.50 Å². The van der Waals surface area contributed by atoms with Crippen molar-refractivity contribution in [2.45, 2.75) is 50.7 Å². The maximum Gasteiger partial charge on any atom is 0.128 e. The summed E-state index contributed by atoms with van der Waals surface area (Å²) >= 11 is 0. The molecule has 18 heavy (non-hydrogen) atoms. The summed E-state index contributed by atoms with van der Waals surface area (Å²) in [6.07, 6.45) is 6.31. The van der Waals surface area contributed by atoms with Crippen molar-refractivity contribution in [2.75, 3.05) is 0 Å². The van der Waals surface area contributed by atoms with E-state index in [1.165, 1.54) is 44.2 Å². The van der Waals surface area contributed by atoms with E-state index >= 15 is 0 Å². The average molecular weight is 250 g/mol. The Hall–Kier alpha value is -1.09. The lowest BCUT2D eigenvalue weighted by Gasteiger charge is -2.36. The number of benzene rings is 1. The van der Waals surface area contributed by atoms with Crippen molar-refractivity contribution < 1.29 is 14.2 Å². The summed E-state index contributed by atoms with van der Waals surface area (Å²) < 4.78 is 19.2. The van der Waals surface area contributed by atoms with Gasteiger partial charge in [-0.05, 0) is 30.9 Å². The van der Waals surface area contributed by atoms with E-state index in [-0.39, 0.29) is 11.9 Å². The van der Waals surface area contributed by atoms with Gasteiger partial charge in [0, 0.05) is 18.1 Å². The minimum atomic E-state index is -0.513. The minimum Gasteiger partial charge on any atom is -0.490 e. The molecule has 2 aliphatic rings. The van der Waals surface area contributed by atoms with Gasteiger partial charge in [0.2, 0.25) is 0 Å². The summed E-state index contributed by atoms with van der Waals surface area (Å²) in [5.74, 6) is 0.749. The molecule has 1 N–H and O–H groups in total. The van der Waals surface area contributed by atoms with Crippen molar-refractivity contribution in [3.8, 4) is 5.75 Å². The van der Waals surface area contributed by atoms with Crippen LogP contribution in [0.2, 0.25) is 0 Å². The Morgan fingerprint density at radius 2 is 1.94 bits per heavy atom. The first kappa shape index (κ1) is 12.0. The van der Waals surface area contributed by atoms with Crippen LogP contribution in [0.3, 0.4) is 0 Å². The fourth-order valence-electron chi connectivity index (χ4n) is 3.24. The lowest BCUT2D eigenvalue weighted by Crippen LogP contribution is -2.34. The molecule has 1 aliphatic carbocycles. The molecular weight excluding hydrogens is 231 g/mol. The van der Waals surface area contributed by atoms with Crippen LogP contribution in [0.25, 0.3) is 0 Å². The second kappa shape index (κ2) is 4.88. The van der Waals surface area contributed by atoms with Crippen LogP contribution in [0.15, 0.2) is 18.2 Å². The van der Waals surface area contributed by atoms with Crippen LogP contribution in [0.5, 0.6) is 5.75 Å². The number of hydrogen-bond acceptors (Lipinski definition) is 2. The summed E-state index contributed by atoms with van der Waals surface area (Å²) in [7, 11) is 0. The predicted octanol–water partition coefficient (Wildman–Crippen LogP) is 3.59. The lowest BCUT2D eigenvalue weighted by molar-refractivity contribution is 0.0231. The maximum absolute atomic E-state index is 13.2. The van der Waals surface area contributed by atoms with E-state index in [1.807, 2.05) is 0 Å². The molecule has 1 heterocycles. The number of ether oxygens (including phenoxy) is 1. The predicted molar refractivity (Wildman–Crippen MR) is 67.0 cm³/mol. The zero-order valence-corrected chi connectivity index (χ0v) is 10.4. The molecule has 0 saturated heterocycles. The quantitative estimate of drug-likeness (QED) is 0.825. The summed E-state index contributed by atoms with van der Waals surface area (Å²) in [4.78, 5) is 0. The monoisotopic (exact) mass is 250 g/mol. The average Bonchev–Trinajstić information content (AvgIpc) is 2.39. The first-order valence-corrected chi connectivity index (χ1v) is 6.88. The van der Waals surface area contributed by atoms with Gasteiger partial charge in [0.15, 0.2) is 0 Å². The molecule has 3 heteroatoms. The van der Waals surface area contributed by atoms with E-state index in [4.69, 9.17) is 4.74 Å². The third-order valence-electron chi connectivity index (χ3n) is 4.24. The molecule has 0 bridgehead atoms. The third-order valence-corrected chi connectivity index (χ3v) is 4.24. The Kier molecular flexibility index (Phi) is 3.25. The molecule has 3 rings (SSSR count). The van der Waals surface area contributed by atoms with Crippen molar-refractivity contribution in [2.24, 2.45) is 5.92 Å². The van der Waals surface area contributed by atoms with Crippen LogP contribution >= 0.6 is 0 Å². The number of rotatable bonds is 1. The molecule has 1 aromatic carbocycles. The first-order valence-electron chi connectivity index (χ1n) is 6.88. The van der Waals surface area contributed by atoms with Crippen LogP contribution in [-0.2, 0) is 0 Å². The molecule has 1 aliphatic heterocycles. The van der Waals surface area contributed by atoms with Gasteiger partial charge in [0.1, 0.15) is 17.7 Å². The molecule has 0 spiro atoms. The zero-order valence-electron chi connectivity index (χ0n) is 10.4. The number of halogens is 1. The van der Waals surface area contributed by atoms with Gasteiger partial charge in [-0.2, -0.15) is 0 Å². The fourth-order valence-corrected chi connectivity index (χ4v) is 3.24. The smallest absolute Gasteiger partial charge is 0.128 e. The van der Waals surface area contributed by atoms with E-state index in [0.717, 1.165) is 5.56 Å². The van der Waals surface area contributed by atoms with Crippen LogP contribution in [0, 0.1) is 11.7 Å². The van der Waals surface area contributed by atoms with Crippen LogP contribution in [-0.4, -0.2) is 11.2 Å². The number of hydrogen-bond donors (Lipinski definition) is 1. The Morgan fingerprint density at radius 1 is 1.17 bits per heavy atom. The SMILES string of the molecule is O[C@H]1CC(C2CCCCC2)Oc2cc(F)ccc21. The Morgan fingerprint density at radius 3 is 2.72 bits per heavy atom. The second-order valence-electron chi connectivity index (χ2n) is 5.49. The van der Waals surface area contributed by atoms with Gasteiger partial charge in [0.05, 0.1) is 6.10 Å². The van der Waals surface area contributed by atoms with Crippen LogP contribution in [0.4, 0.5) is 4.39 Å².